The number of piperazine rings is 1. The topological polar surface area (TPSA) is 32.8 Å². The van der Waals surface area contributed by atoms with E-state index in [4.69, 9.17) is 4.74 Å². The van der Waals surface area contributed by atoms with Gasteiger partial charge in [-0.2, -0.15) is 0 Å². The molecular formula is C14H26N2O2. The molecule has 4 heteroatoms. The molecular weight excluding hydrogens is 228 g/mol. The highest BCUT2D eigenvalue weighted by atomic mass is 16.5. The van der Waals surface area contributed by atoms with Gasteiger partial charge in [-0.05, 0) is 18.3 Å². The Balaban J connectivity index is 1.77. The Morgan fingerprint density at radius 3 is 2.39 bits per heavy atom. The summed E-state index contributed by atoms with van der Waals surface area (Å²) >= 11 is 0. The van der Waals surface area contributed by atoms with Gasteiger partial charge in [0, 0.05) is 39.3 Å². The Kier molecular flexibility index (Phi) is 4.28. The minimum atomic E-state index is -0.154. The second-order valence-electron chi connectivity index (χ2n) is 6.66. The van der Waals surface area contributed by atoms with E-state index < -0.39 is 0 Å². The van der Waals surface area contributed by atoms with Gasteiger partial charge in [-0.15, -0.1) is 0 Å². The van der Waals surface area contributed by atoms with Crippen LogP contribution in [0.4, 0.5) is 0 Å². The summed E-state index contributed by atoms with van der Waals surface area (Å²) in [5.41, 5.74) is 0.334. The van der Waals surface area contributed by atoms with Crippen LogP contribution in [0.5, 0.6) is 0 Å². The van der Waals surface area contributed by atoms with Crippen molar-refractivity contribution >= 4 is 5.91 Å². The average molecular weight is 254 g/mol. The molecule has 2 fully saturated rings. The number of carbonyl (C=O) groups is 1. The van der Waals surface area contributed by atoms with Crippen LogP contribution in [0.1, 0.15) is 33.6 Å². The summed E-state index contributed by atoms with van der Waals surface area (Å²) in [7, 11) is 0. The van der Waals surface area contributed by atoms with Gasteiger partial charge in [-0.3, -0.25) is 9.69 Å². The largest absolute Gasteiger partial charge is 0.368 e. The summed E-state index contributed by atoms with van der Waals surface area (Å²) in [5, 5.41) is 0. The van der Waals surface area contributed by atoms with E-state index in [1.807, 2.05) is 4.90 Å². The van der Waals surface area contributed by atoms with Gasteiger partial charge in [-0.25, -0.2) is 0 Å². The zero-order valence-corrected chi connectivity index (χ0v) is 11.9. The van der Waals surface area contributed by atoms with E-state index in [1.165, 1.54) is 0 Å². The van der Waals surface area contributed by atoms with Crippen molar-refractivity contribution in [2.45, 2.75) is 39.7 Å². The first kappa shape index (κ1) is 13.8. The molecule has 0 spiro atoms. The van der Waals surface area contributed by atoms with E-state index in [-0.39, 0.29) is 12.0 Å². The van der Waals surface area contributed by atoms with Crippen LogP contribution in [-0.2, 0) is 9.53 Å². The zero-order valence-electron chi connectivity index (χ0n) is 11.9. The highest BCUT2D eigenvalue weighted by molar-refractivity contribution is 5.81. The number of hydrogen-bond donors (Lipinski definition) is 0. The third-order valence-corrected chi connectivity index (χ3v) is 3.59. The number of ether oxygens (including phenoxy) is 1. The van der Waals surface area contributed by atoms with Crippen LogP contribution in [0.2, 0.25) is 0 Å². The van der Waals surface area contributed by atoms with Crippen LogP contribution >= 0.6 is 0 Å². The van der Waals surface area contributed by atoms with Gasteiger partial charge in [0.05, 0.1) is 0 Å². The van der Waals surface area contributed by atoms with Crippen molar-refractivity contribution < 1.29 is 9.53 Å². The van der Waals surface area contributed by atoms with Gasteiger partial charge >= 0.3 is 0 Å². The summed E-state index contributed by atoms with van der Waals surface area (Å²) in [5.74, 6) is 0.211. The SMILES string of the molecule is CC(C)(C)CN1CCN(C(=O)[C@H]2CCCO2)CC1. The molecule has 2 rings (SSSR count). The molecule has 104 valence electrons. The van der Waals surface area contributed by atoms with Crippen molar-refractivity contribution in [2.24, 2.45) is 5.41 Å². The Morgan fingerprint density at radius 2 is 1.89 bits per heavy atom. The molecule has 4 nitrogen and oxygen atoms in total. The van der Waals surface area contributed by atoms with Gasteiger partial charge < -0.3 is 9.64 Å². The maximum Gasteiger partial charge on any atom is 0.251 e. The fourth-order valence-corrected chi connectivity index (χ4v) is 2.77. The lowest BCUT2D eigenvalue weighted by Crippen LogP contribution is -2.52. The first-order chi connectivity index (χ1) is 8.46. The zero-order chi connectivity index (χ0) is 13.2. The standard InChI is InChI=1S/C14H26N2O2/c1-14(2,3)11-15-6-8-16(9-7-15)13(17)12-5-4-10-18-12/h12H,4-11H2,1-3H3/t12-/m1/s1. The minimum absolute atomic E-state index is 0.154. The Hall–Kier alpha value is -0.610. The molecule has 0 aromatic rings. The van der Waals surface area contributed by atoms with Gasteiger partial charge in [0.2, 0.25) is 0 Å². The van der Waals surface area contributed by atoms with E-state index in [2.05, 4.69) is 25.7 Å². The van der Waals surface area contributed by atoms with E-state index in [0.29, 0.717) is 5.41 Å². The summed E-state index contributed by atoms with van der Waals surface area (Å²) in [4.78, 5) is 16.6. The van der Waals surface area contributed by atoms with Gasteiger partial charge in [0.25, 0.3) is 5.91 Å². The van der Waals surface area contributed by atoms with Crippen LogP contribution in [0.15, 0.2) is 0 Å². The number of amides is 1. The predicted molar refractivity (Wildman–Crippen MR) is 71.4 cm³/mol. The molecule has 1 atom stereocenters. The molecule has 18 heavy (non-hydrogen) atoms. The van der Waals surface area contributed by atoms with Crippen LogP contribution < -0.4 is 0 Å². The van der Waals surface area contributed by atoms with Crippen molar-refractivity contribution in [3.8, 4) is 0 Å². The number of carbonyl (C=O) groups excluding carboxylic acids is 1. The van der Waals surface area contributed by atoms with Crippen molar-refractivity contribution in [3.05, 3.63) is 0 Å². The second kappa shape index (κ2) is 5.57. The number of rotatable bonds is 2. The summed E-state index contributed by atoms with van der Waals surface area (Å²) in [6, 6.07) is 0. The predicted octanol–water partition coefficient (Wildman–Crippen LogP) is 1.36. The molecule has 1 amide bonds. The summed E-state index contributed by atoms with van der Waals surface area (Å²) < 4.78 is 5.47. The highest BCUT2D eigenvalue weighted by Crippen LogP contribution is 2.18. The van der Waals surface area contributed by atoms with E-state index in [0.717, 1.165) is 52.2 Å². The van der Waals surface area contributed by atoms with Crippen molar-refractivity contribution in [1.82, 2.24) is 9.80 Å². The molecule has 0 aliphatic carbocycles. The van der Waals surface area contributed by atoms with Crippen molar-refractivity contribution in [3.63, 3.8) is 0 Å². The van der Waals surface area contributed by atoms with Crippen LogP contribution in [0.3, 0.4) is 0 Å². The lowest BCUT2D eigenvalue weighted by molar-refractivity contribution is -0.142. The first-order valence-corrected chi connectivity index (χ1v) is 7.08. The minimum Gasteiger partial charge on any atom is -0.368 e. The average Bonchev–Trinajstić information content (AvgIpc) is 2.80. The van der Waals surface area contributed by atoms with Gasteiger partial charge in [0.15, 0.2) is 0 Å². The molecule has 0 aromatic heterocycles. The van der Waals surface area contributed by atoms with Crippen molar-refractivity contribution in [1.29, 1.82) is 0 Å². The summed E-state index contributed by atoms with van der Waals surface area (Å²) in [6.45, 7) is 12.3. The Morgan fingerprint density at radius 1 is 1.22 bits per heavy atom. The smallest absolute Gasteiger partial charge is 0.251 e. The maximum absolute atomic E-state index is 12.2. The first-order valence-electron chi connectivity index (χ1n) is 7.08. The lowest BCUT2D eigenvalue weighted by atomic mass is 9.96. The quantitative estimate of drug-likeness (QED) is 0.746. The molecule has 2 aliphatic rings. The fraction of sp³-hybridized carbons (Fsp3) is 0.929. The molecule has 0 aromatic carbocycles. The third-order valence-electron chi connectivity index (χ3n) is 3.59. The number of hydrogen-bond acceptors (Lipinski definition) is 3. The summed E-state index contributed by atoms with van der Waals surface area (Å²) in [6.07, 6.45) is 1.78. The number of nitrogens with zero attached hydrogens (tertiary/aromatic N) is 2. The molecule has 2 saturated heterocycles. The second-order valence-corrected chi connectivity index (χ2v) is 6.66. The third kappa shape index (κ3) is 3.69. The van der Waals surface area contributed by atoms with Crippen LogP contribution in [-0.4, -0.2) is 61.1 Å². The van der Waals surface area contributed by atoms with Crippen LogP contribution in [0, 0.1) is 5.41 Å². The van der Waals surface area contributed by atoms with E-state index in [9.17, 15) is 4.79 Å². The molecule has 0 N–H and O–H groups in total. The van der Waals surface area contributed by atoms with E-state index >= 15 is 0 Å². The molecule has 0 radical (unpaired) electrons. The molecule has 0 saturated carbocycles. The lowest BCUT2D eigenvalue weighted by Gasteiger charge is -2.38. The van der Waals surface area contributed by atoms with Crippen molar-refractivity contribution in [2.75, 3.05) is 39.3 Å². The normalized spacial score (nSPS) is 26.6. The van der Waals surface area contributed by atoms with Gasteiger partial charge in [-0.1, -0.05) is 20.8 Å². The molecule has 0 unspecified atom stereocenters. The fourth-order valence-electron chi connectivity index (χ4n) is 2.77. The molecule has 0 bridgehead atoms. The Bertz CT molecular complexity index is 285. The van der Waals surface area contributed by atoms with Crippen LogP contribution in [0.25, 0.3) is 0 Å². The highest BCUT2D eigenvalue weighted by Gasteiger charge is 2.30. The van der Waals surface area contributed by atoms with Gasteiger partial charge in [0.1, 0.15) is 6.10 Å². The molecule has 2 heterocycles. The Labute approximate surface area is 110 Å². The molecule has 2 aliphatic heterocycles. The maximum atomic E-state index is 12.2. The van der Waals surface area contributed by atoms with E-state index in [1.54, 1.807) is 0 Å². The monoisotopic (exact) mass is 254 g/mol.